The lowest BCUT2D eigenvalue weighted by Gasteiger charge is -2.06. The number of carbonyl (C=O) groups is 3. The number of aryl methyl sites for hydroxylation is 2. The second-order valence-electron chi connectivity index (χ2n) is 7.44. The molecule has 3 heterocycles. The molecule has 0 aliphatic carbocycles. The van der Waals surface area contributed by atoms with Crippen molar-refractivity contribution >= 4 is 29.4 Å². The molecule has 0 radical (unpaired) electrons. The van der Waals surface area contributed by atoms with Gasteiger partial charge in [0, 0.05) is 50.1 Å². The summed E-state index contributed by atoms with van der Waals surface area (Å²) in [5, 5.41) is 5.25. The van der Waals surface area contributed by atoms with Crippen LogP contribution in [0.25, 0.3) is 11.1 Å². The molecule has 11 nitrogen and oxygen atoms in total. The molecule has 0 aliphatic rings. The van der Waals surface area contributed by atoms with Crippen molar-refractivity contribution in [2.75, 3.05) is 17.2 Å². The third-order valence-corrected chi connectivity index (χ3v) is 5.02. The van der Waals surface area contributed by atoms with Gasteiger partial charge in [0.05, 0.1) is 6.61 Å². The Balaban J connectivity index is 1.45. The first-order chi connectivity index (χ1) is 16.4. The van der Waals surface area contributed by atoms with Gasteiger partial charge in [-0.1, -0.05) is 12.1 Å². The topological polar surface area (TPSA) is 125 Å². The first-order valence-corrected chi connectivity index (χ1v) is 10.4. The zero-order valence-corrected chi connectivity index (χ0v) is 18.8. The highest BCUT2D eigenvalue weighted by molar-refractivity contribution is 6.02. The van der Waals surface area contributed by atoms with Gasteiger partial charge in [0.25, 0.3) is 11.8 Å². The average Bonchev–Trinajstić information content (AvgIpc) is 3.54. The Labute approximate surface area is 195 Å². The van der Waals surface area contributed by atoms with Crippen LogP contribution in [0.5, 0.6) is 0 Å². The molecule has 11 heteroatoms. The van der Waals surface area contributed by atoms with Crippen LogP contribution in [0, 0.1) is 0 Å². The van der Waals surface area contributed by atoms with E-state index in [9.17, 15) is 14.4 Å². The highest BCUT2D eigenvalue weighted by atomic mass is 16.5. The quantitative estimate of drug-likeness (QED) is 0.454. The number of nitrogens with one attached hydrogen (secondary N) is 2. The van der Waals surface area contributed by atoms with Gasteiger partial charge < -0.3 is 19.2 Å². The number of nitrogens with zero attached hydrogens (tertiary/aromatic N) is 5. The van der Waals surface area contributed by atoms with Gasteiger partial charge >= 0.3 is 6.09 Å². The lowest BCUT2D eigenvalue weighted by Crippen LogP contribution is -2.17. The van der Waals surface area contributed by atoms with Crippen LogP contribution in [0.15, 0.2) is 61.4 Å². The summed E-state index contributed by atoms with van der Waals surface area (Å²) in [6.45, 7) is 1.92. The minimum absolute atomic E-state index is 0.126. The first-order valence-electron chi connectivity index (χ1n) is 10.4. The van der Waals surface area contributed by atoms with E-state index in [1.54, 1.807) is 50.1 Å². The van der Waals surface area contributed by atoms with E-state index < -0.39 is 12.0 Å². The zero-order chi connectivity index (χ0) is 24.2. The molecule has 0 atom stereocenters. The highest BCUT2D eigenvalue weighted by Crippen LogP contribution is 2.24. The van der Waals surface area contributed by atoms with E-state index in [1.807, 2.05) is 24.4 Å². The van der Waals surface area contributed by atoms with Gasteiger partial charge in [0.15, 0.2) is 5.82 Å². The van der Waals surface area contributed by atoms with Gasteiger partial charge in [0.1, 0.15) is 12.0 Å². The summed E-state index contributed by atoms with van der Waals surface area (Å²) < 4.78 is 9.50. The number of amides is 2. The van der Waals surface area contributed by atoms with E-state index in [-0.39, 0.29) is 24.2 Å². The van der Waals surface area contributed by atoms with Crippen LogP contribution in [-0.4, -0.2) is 48.2 Å². The van der Waals surface area contributed by atoms with Gasteiger partial charge in [-0.05, 0) is 30.7 Å². The molecule has 2 N–H and O–H groups in total. The highest BCUT2D eigenvalue weighted by Gasteiger charge is 2.17. The number of rotatable bonds is 6. The number of benzene rings is 1. The molecule has 4 rings (SSSR count). The summed E-state index contributed by atoms with van der Waals surface area (Å²) in [7, 11) is 3.46. The van der Waals surface area contributed by atoms with Gasteiger partial charge in [0.2, 0.25) is 5.82 Å². The third-order valence-electron chi connectivity index (χ3n) is 5.02. The van der Waals surface area contributed by atoms with Crippen molar-refractivity contribution in [3.8, 4) is 11.1 Å². The minimum Gasteiger partial charge on any atom is -0.450 e. The van der Waals surface area contributed by atoms with E-state index in [0.29, 0.717) is 11.4 Å². The van der Waals surface area contributed by atoms with Crippen LogP contribution in [0.3, 0.4) is 0 Å². The van der Waals surface area contributed by atoms with E-state index in [0.717, 1.165) is 11.1 Å². The van der Waals surface area contributed by atoms with Crippen molar-refractivity contribution in [2.24, 2.45) is 14.1 Å². The molecule has 4 aromatic rings. The predicted molar refractivity (Wildman–Crippen MR) is 125 cm³/mol. The molecule has 34 heavy (non-hydrogen) atoms. The maximum Gasteiger partial charge on any atom is 0.412 e. The van der Waals surface area contributed by atoms with E-state index in [2.05, 4.69) is 20.6 Å². The third kappa shape index (κ3) is 4.72. The number of aromatic nitrogens is 5. The molecule has 0 unspecified atom stereocenters. The maximum absolute atomic E-state index is 12.7. The largest absolute Gasteiger partial charge is 0.450 e. The molecule has 0 saturated carbocycles. The summed E-state index contributed by atoms with van der Waals surface area (Å²) in [6.07, 6.45) is 7.36. The summed E-state index contributed by atoms with van der Waals surface area (Å²) in [4.78, 5) is 44.9. The Morgan fingerprint density at radius 2 is 1.76 bits per heavy atom. The molecule has 174 valence electrons. The van der Waals surface area contributed by atoms with Crippen LogP contribution in [0.1, 0.15) is 28.0 Å². The summed E-state index contributed by atoms with van der Waals surface area (Å²) in [6, 6.07) is 9.03. The molecule has 0 fully saturated rings. The normalized spacial score (nSPS) is 10.7. The first kappa shape index (κ1) is 22.5. The van der Waals surface area contributed by atoms with Crippen molar-refractivity contribution in [1.29, 1.82) is 0 Å². The van der Waals surface area contributed by atoms with Crippen LogP contribution in [-0.2, 0) is 18.8 Å². The van der Waals surface area contributed by atoms with Crippen LogP contribution in [0.4, 0.5) is 16.3 Å². The van der Waals surface area contributed by atoms with Crippen LogP contribution < -0.4 is 10.6 Å². The number of carbonyl (C=O) groups excluding carboxylic acids is 3. The predicted octanol–water partition coefficient (Wildman–Crippen LogP) is 3.13. The van der Waals surface area contributed by atoms with Crippen molar-refractivity contribution in [2.45, 2.75) is 6.92 Å². The Bertz CT molecular complexity index is 1330. The Hall–Kier alpha value is -4.67. The monoisotopic (exact) mass is 461 g/mol. The second-order valence-corrected chi connectivity index (χ2v) is 7.44. The minimum atomic E-state index is -0.640. The average molecular weight is 461 g/mol. The molecular weight excluding hydrogens is 438 g/mol. The fourth-order valence-corrected chi connectivity index (χ4v) is 3.39. The lowest BCUT2D eigenvalue weighted by atomic mass is 10.1. The van der Waals surface area contributed by atoms with Crippen molar-refractivity contribution in [3.63, 3.8) is 0 Å². The fraction of sp³-hybridized carbons (Fsp3) is 0.174. The standard InChI is InChI=1S/C23H23N7O4/c1-4-34-23(33)27-19-13-29(3)20(26-19)21(31)25-17-7-5-15(6-8-17)16-11-18(28(2)12-16)22(32)30-10-9-24-14-30/h5-14H,4H2,1-3H3,(H,25,31)(H,27,33). The van der Waals surface area contributed by atoms with Crippen LogP contribution >= 0.6 is 0 Å². The Morgan fingerprint density at radius 3 is 2.44 bits per heavy atom. The summed E-state index contributed by atoms with van der Waals surface area (Å²) in [5.41, 5.74) is 2.84. The van der Waals surface area contributed by atoms with E-state index >= 15 is 0 Å². The van der Waals surface area contributed by atoms with Crippen molar-refractivity contribution in [3.05, 3.63) is 73.0 Å². The Morgan fingerprint density at radius 1 is 1.00 bits per heavy atom. The lowest BCUT2D eigenvalue weighted by molar-refractivity contribution is 0.0950. The molecule has 0 aliphatic heterocycles. The van der Waals surface area contributed by atoms with Crippen molar-refractivity contribution < 1.29 is 19.1 Å². The summed E-state index contributed by atoms with van der Waals surface area (Å²) in [5.74, 6) is -0.268. The molecule has 0 saturated heterocycles. The molecule has 0 spiro atoms. The molecule has 2 amide bonds. The van der Waals surface area contributed by atoms with Gasteiger partial charge in [-0.2, -0.15) is 0 Å². The number of hydrogen-bond donors (Lipinski definition) is 2. The number of anilines is 2. The Kier molecular flexibility index (Phi) is 6.26. The smallest absolute Gasteiger partial charge is 0.412 e. The molecule has 1 aromatic carbocycles. The number of hydrogen-bond acceptors (Lipinski definition) is 6. The van der Waals surface area contributed by atoms with Gasteiger partial charge in [-0.25, -0.2) is 14.8 Å². The van der Waals surface area contributed by atoms with E-state index in [4.69, 9.17) is 4.74 Å². The zero-order valence-electron chi connectivity index (χ0n) is 18.8. The maximum atomic E-state index is 12.7. The van der Waals surface area contributed by atoms with Gasteiger partial charge in [-0.3, -0.25) is 19.5 Å². The van der Waals surface area contributed by atoms with Crippen LogP contribution in [0.2, 0.25) is 0 Å². The fourth-order valence-electron chi connectivity index (χ4n) is 3.39. The number of ether oxygens (including phenoxy) is 1. The molecular formula is C23H23N7O4. The van der Waals surface area contributed by atoms with Gasteiger partial charge in [-0.15, -0.1) is 0 Å². The van der Waals surface area contributed by atoms with E-state index in [1.165, 1.54) is 21.7 Å². The molecule has 0 bridgehead atoms. The second kappa shape index (κ2) is 9.45. The SMILES string of the molecule is CCOC(=O)Nc1cn(C)c(C(=O)Nc2ccc(-c3cc(C(=O)n4ccnc4)n(C)c3)cc2)n1. The number of imidazole rings is 2. The van der Waals surface area contributed by atoms with Crippen molar-refractivity contribution in [1.82, 2.24) is 23.7 Å². The molecule has 3 aromatic heterocycles. The summed E-state index contributed by atoms with van der Waals surface area (Å²) >= 11 is 0.